The summed E-state index contributed by atoms with van der Waals surface area (Å²) in [5, 5.41) is 3.96. The first kappa shape index (κ1) is 20.3. The van der Waals surface area contributed by atoms with Crippen LogP contribution in [-0.2, 0) is 21.4 Å². The van der Waals surface area contributed by atoms with E-state index in [2.05, 4.69) is 14.9 Å². The number of hydrogen-bond donors (Lipinski definition) is 1. The molecule has 166 valence electrons. The fourth-order valence-corrected chi connectivity index (χ4v) is 4.46. The Hall–Kier alpha value is -3.60. The van der Waals surface area contributed by atoms with Gasteiger partial charge in [-0.15, -0.1) is 0 Å². The van der Waals surface area contributed by atoms with Gasteiger partial charge in [-0.25, -0.2) is 8.42 Å². The molecular weight excluding hydrogens is 436 g/mol. The number of amides is 1. The summed E-state index contributed by atoms with van der Waals surface area (Å²) < 4.78 is 44.4. The average molecular weight is 456 g/mol. The second-order valence-corrected chi connectivity index (χ2v) is 9.24. The van der Waals surface area contributed by atoms with Crippen molar-refractivity contribution in [3.63, 3.8) is 0 Å². The molecule has 1 N–H and O–H groups in total. The lowest BCUT2D eigenvalue weighted by Crippen LogP contribution is -2.38. The number of anilines is 2. The molecule has 1 fully saturated rings. The van der Waals surface area contributed by atoms with Crippen LogP contribution in [0.4, 0.5) is 11.4 Å². The first-order valence-electron chi connectivity index (χ1n) is 9.99. The Balaban J connectivity index is 1.43. The van der Waals surface area contributed by atoms with Gasteiger partial charge in [0.2, 0.25) is 5.89 Å². The summed E-state index contributed by atoms with van der Waals surface area (Å²) in [6.45, 7) is -0.104. The molecule has 1 aliphatic carbocycles. The molecule has 2 heterocycles. The second-order valence-electron chi connectivity index (χ2n) is 7.56. The molecule has 32 heavy (non-hydrogen) atoms. The second kappa shape index (κ2) is 7.83. The van der Waals surface area contributed by atoms with E-state index in [0.29, 0.717) is 40.5 Å². The molecule has 0 spiro atoms. The largest absolute Gasteiger partial charge is 0.497 e. The van der Waals surface area contributed by atoms with Crippen LogP contribution in [0.5, 0.6) is 11.5 Å². The van der Waals surface area contributed by atoms with Crippen LogP contribution in [0.1, 0.15) is 30.5 Å². The number of rotatable bonds is 7. The number of nitrogens with zero attached hydrogens (tertiary/aromatic N) is 3. The van der Waals surface area contributed by atoms with E-state index in [9.17, 15) is 13.2 Å². The average Bonchev–Trinajstić information content (AvgIpc) is 3.53. The first-order chi connectivity index (χ1) is 15.4. The Morgan fingerprint density at radius 1 is 1.22 bits per heavy atom. The van der Waals surface area contributed by atoms with Crippen LogP contribution in [0, 0.1) is 0 Å². The fourth-order valence-electron chi connectivity index (χ4n) is 3.39. The van der Waals surface area contributed by atoms with Gasteiger partial charge >= 0.3 is 0 Å². The molecule has 2 aliphatic rings. The summed E-state index contributed by atoms with van der Waals surface area (Å²) in [7, 11) is -2.43. The van der Waals surface area contributed by atoms with E-state index in [0.717, 1.165) is 12.8 Å². The van der Waals surface area contributed by atoms with Gasteiger partial charge in [0.25, 0.3) is 15.9 Å². The van der Waals surface area contributed by atoms with Crippen LogP contribution in [0.2, 0.25) is 0 Å². The van der Waals surface area contributed by atoms with Crippen LogP contribution >= 0.6 is 0 Å². The van der Waals surface area contributed by atoms with Crippen molar-refractivity contribution in [3.05, 3.63) is 54.2 Å². The number of nitrogens with one attached hydrogen (secondary N) is 1. The molecule has 10 nitrogen and oxygen atoms in total. The van der Waals surface area contributed by atoms with Crippen molar-refractivity contribution in [2.45, 2.75) is 30.2 Å². The van der Waals surface area contributed by atoms with Crippen molar-refractivity contribution in [3.8, 4) is 11.5 Å². The number of sulfonamides is 1. The zero-order valence-corrected chi connectivity index (χ0v) is 18.0. The van der Waals surface area contributed by atoms with Gasteiger partial charge in [0.15, 0.2) is 12.4 Å². The summed E-state index contributed by atoms with van der Waals surface area (Å²) in [6, 6.07) is 10.9. The van der Waals surface area contributed by atoms with Gasteiger partial charge in [-0.1, -0.05) is 11.2 Å². The number of fused-ring (bicyclic) bond motifs is 1. The molecule has 0 saturated heterocycles. The SMILES string of the molecule is COc1cccc(NS(=O)(=O)c2ccc3c(c2)N(Cc2noc(C4CC4)n2)C(=O)CO3)c1. The third-order valence-electron chi connectivity index (χ3n) is 5.22. The van der Waals surface area contributed by atoms with Gasteiger partial charge in [-0.05, 0) is 43.2 Å². The molecule has 5 rings (SSSR count). The summed E-state index contributed by atoms with van der Waals surface area (Å²) in [5.74, 6) is 1.81. The van der Waals surface area contributed by atoms with Gasteiger partial charge in [0.05, 0.1) is 29.9 Å². The predicted molar refractivity (Wildman–Crippen MR) is 113 cm³/mol. The van der Waals surface area contributed by atoms with Gasteiger partial charge in [-0.3, -0.25) is 14.4 Å². The number of carbonyl (C=O) groups is 1. The molecule has 2 aromatic carbocycles. The van der Waals surface area contributed by atoms with Crippen LogP contribution in [0.15, 0.2) is 51.9 Å². The van der Waals surface area contributed by atoms with Crippen molar-refractivity contribution < 1.29 is 27.2 Å². The van der Waals surface area contributed by atoms with E-state index in [1.54, 1.807) is 24.3 Å². The van der Waals surface area contributed by atoms with Gasteiger partial charge in [-0.2, -0.15) is 4.98 Å². The van der Waals surface area contributed by atoms with E-state index >= 15 is 0 Å². The van der Waals surface area contributed by atoms with Crippen molar-refractivity contribution in [2.75, 3.05) is 23.3 Å². The molecule has 0 radical (unpaired) electrons. The normalized spacial score (nSPS) is 15.8. The summed E-state index contributed by atoms with van der Waals surface area (Å²) in [5.41, 5.74) is 0.679. The van der Waals surface area contributed by atoms with Crippen LogP contribution in [0.25, 0.3) is 0 Å². The minimum atomic E-state index is -3.93. The highest BCUT2D eigenvalue weighted by atomic mass is 32.2. The lowest BCUT2D eigenvalue weighted by Gasteiger charge is -2.28. The van der Waals surface area contributed by atoms with Gasteiger partial charge in [0, 0.05) is 12.0 Å². The van der Waals surface area contributed by atoms with Crippen molar-refractivity contribution in [1.29, 1.82) is 0 Å². The van der Waals surface area contributed by atoms with Crippen LogP contribution < -0.4 is 19.1 Å². The summed E-state index contributed by atoms with van der Waals surface area (Å²) in [6.07, 6.45) is 2.03. The van der Waals surface area contributed by atoms with Crippen molar-refractivity contribution in [2.24, 2.45) is 0 Å². The number of methoxy groups -OCH3 is 1. The zero-order chi connectivity index (χ0) is 22.3. The maximum absolute atomic E-state index is 13.0. The topological polar surface area (TPSA) is 124 Å². The molecule has 1 saturated carbocycles. The van der Waals surface area contributed by atoms with Gasteiger partial charge in [0.1, 0.15) is 11.5 Å². The highest BCUT2D eigenvalue weighted by Gasteiger charge is 2.32. The van der Waals surface area contributed by atoms with E-state index in [4.69, 9.17) is 14.0 Å². The molecule has 0 atom stereocenters. The summed E-state index contributed by atoms with van der Waals surface area (Å²) >= 11 is 0. The van der Waals surface area contributed by atoms with E-state index in [1.165, 1.54) is 30.2 Å². The number of ether oxygens (including phenoxy) is 2. The fraction of sp³-hybridized carbons (Fsp3) is 0.286. The third-order valence-corrected chi connectivity index (χ3v) is 6.59. The minimum absolute atomic E-state index is 0.0193. The Bertz CT molecular complexity index is 1280. The Kier molecular flexibility index (Phi) is 4.97. The monoisotopic (exact) mass is 456 g/mol. The smallest absolute Gasteiger partial charge is 0.265 e. The van der Waals surface area contributed by atoms with Crippen LogP contribution in [0.3, 0.4) is 0 Å². The Labute approximate surface area is 184 Å². The predicted octanol–water partition coefficient (Wildman–Crippen LogP) is 2.68. The quantitative estimate of drug-likeness (QED) is 0.576. The third kappa shape index (κ3) is 3.98. The minimum Gasteiger partial charge on any atom is -0.497 e. The number of benzene rings is 2. The summed E-state index contributed by atoms with van der Waals surface area (Å²) in [4.78, 5) is 18.3. The molecule has 0 bridgehead atoms. The van der Waals surface area contributed by atoms with Crippen LogP contribution in [-0.4, -0.2) is 38.2 Å². The van der Waals surface area contributed by atoms with E-state index < -0.39 is 10.0 Å². The van der Waals surface area contributed by atoms with E-state index in [-0.39, 0.29) is 24.0 Å². The molecule has 1 aromatic heterocycles. The molecule has 0 unspecified atom stereocenters. The number of aromatic nitrogens is 2. The lowest BCUT2D eigenvalue weighted by molar-refractivity contribution is -0.121. The molecule has 11 heteroatoms. The molecule has 3 aromatic rings. The van der Waals surface area contributed by atoms with Crippen molar-refractivity contribution >= 4 is 27.3 Å². The Morgan fingerprint density at radius 3 is 2.84 bits per heavy atom. The number of hydrogen-bond acceptors (Lipinski definition) is 8. The Morgan fingerprint density at radius 2 is 2.06 bits per heavy atom. The first-order valence-corrected chi connectivity index (χ1v) is 11.5. The number of carbonyl (C=O) groups excluding carboxylic acids is 1. The van der Waals surface area contributed by atoms with Crippen molar-refractivity contribution in [1.82, 2.24) is 10.1 Å². The standard InChI is InChI=1S/C21H20N4O6S/c1-29-15-4-2-3-14(9-15)24-32(27,28)16-7-8-18-17(10-16)25(20(26)12-30-18)11-19-22-21(31-23-19)13-5-6-13/h2-4,7-10,13,24H,5-6,11-12H2,1H3. The lowest BCUT2D eigenvalue weighted by atomic mass is 10.2. The molecule has 1 amide bonds. The zero-order valence-electron chi connectivity index (χ0n) is 17.1. The molecular formula is C21H20N4O6S. The highest BCUT2D eigenvalue weighted by Crippen LogP contribution is 2.39. The highest BCUT2D eigenvalue weighted by molar-refractivity contribution is 7.92. The van der Waals surface area contributed by atoms with E-state index in [1.807, 2.05) is 0 Å². The molecule has 1 aliphatic heterocycles. The maximum atomic E-state index is 13.0. The maximum Gasteiger partial charge on any atom is 0.265 e. The van der Waals surface area contributed by atoms with Gasteiger partial charge < -0.3 is 14.0 Å².